The zero-order chi connectivity index (χ0) is 23.1. The van der Waals surface area contributed by atoms with Crippen LogP contribution in [0.3, 0.4) is 0 Å². The number of pyridine rings is 1. The van der Waals surface area contributed by atoms with Crippen LogP contribution in [0.4, 0.5) is 45.3 Å². The van der Waals surface area contributed by atoms with Crippen molar-refractivity contribution in [3.8, 4) is 5.69 Å². The maximum absolute atomic E-state index is 13.6. The SMILES string of the molecule is O=C(Nc1ccc(-n2nc(C(F)(F)F)cc2C(F)(F)F)cn1)c1c(F)cc(F)cc1F. The third-order valence-electron chi connectivity index (χ3n) is 3.76. The van der Waals surface area contributed by atoms with Crippen molar-refractivity contribution in [3.05, 3.63) is 70.9 Å². The van der Waals surface area contributed by atoms with Gasteiger partial charge in [0.2, 0.25) is 0 Å². The first-order chi connectivity index (χ1) is 14.3. The Bertz CT molecular complexity index is 1110. The van der Waals surface area contributed by atoms with Gasteiger partial charge in [-0.05, 0) is 12.1 Å². The van der Waals surface area contributed by atoms with Gasteiger partial charge in [0.15, 0.2) is 5.69 Å². The molecule has 3 rings (SSSR count). The van der Waals surface area contributed by atoms with E-state index in [0.29, 0.717) is 6.20 Å². The van der Waals surface area contributed by atoms with Crippen molar-refractivity contribution in [2.45, 2.75) is 12.4 Å². The average molecular weight is 454 g/mol. The van der Waals surface area contributed by atoms with Crippen LogP contribution in [0.1, 0.15) is 21.7 Å². The molecule has 5 nitrogen and oxygen atoms in total. The minimum atomic E-state index is -5.18. The Morgan fingerprint density at radius 1 is 0.903 bits per heavy atom. The van der Waals surface area contributed by atoms with Crippen LogP contribution in [0.5, 0.6) is 0 Å². The molecule has 2 aromatic heterocycles. The van der Waals surface area contributed by atoms with Crippen molar-refractivity contribution in [2.24, 2.45) is 0 Å². The number of alkyl halides is 6. The first-order valence-electron chi connectivity index (χ1n) is 7.94. The van der Waals surface area contributed by atoms with E-state index >= 15 is 0 Å². The van der Waals surface area contributed by atoms with E-state index in [4.69, 9.17) is 0 Å². The Labute approximate surface area is 166 Å². The van der Waals surface area contributed by atoms with Crippen molar-refractivity contribution < 1.29 is 44.3 Å². The molecule has 0 aliphatic carbocycles. The number of hydrogen-bond donors (Lipinski definition) is 1. The van der Waals surface area contributed by atoms with Crippen molar-refractivity contribution >= 4 is 11.7 Å². The van der Waals surface area contributed by atoms with E-state index in [1.54, 1.807) is 0 Å². The van der Waals surface area contributed by atoms with E-state index in [1.165, 1.54) is 0 Å². The molecule has 0 saturated carbocycles. The van der Waals surface area contributed by atoms with Gasteiger partial charge in [0.05, 0.1) is 11.9 Å². The molecule has 1 N–H and O–H groups in total. The number of rotatable bonds is 3. The lowest BCUT2D eigenvalue weighted by atomic mass is 10.2. The highest BCUT2D eigenvalue weighted by Gasteiger charge is 2.42. The third kappa shape index (κ3) is 4.62. The van der Waals surface area contributed by atoms with Gasteiger partial charge in [-0.1, -0.05) is 0 Å². The Kier molecular flexibility index (Phi) is 5.42. The predicted octanol–water partition coefficient (Wildman–Crippen LogP) is 4.97. The topological polar surface area (TPSA) is 59.8 Å². The molecule has 0 saturated heterocycles. The standard InChI is InChI=1S/C17H7F9N4O/c18-7-3-9(19)14(10(20)4-7)15(31)28-13-2-1-8(6-27-13)30-12(17(24,25)26)5-11(29-30)16(21,22)23/h1-6H,(H,27,28,31). The third-order valence-corrected chi connectivity index (χ3v) is 3.76. The molecule has 0 radical (unpaired) electrons. The number of carbonyl (C=O) groups is 1. The van der Waals surface area contributed by atoms with E-state index in [-0.39, 0.29) is 22.9 Å². The summed E-state index contributed by atoms with van der Waals surface area (Å²) in [6.07, 6.45) is -9.67. The molecule has 0 spiro atoms. The van der Waals surface area contributed by atoms with E-state index < -0.39 is 64.2 Å². The van der Waals surface area contributed by atoms with Gasteiger partial charge in [-0.15, -0.1) is 0 Å². The van der Waals surface area contributed by atoms with Gasteiger partial charge < -0.3 is 5.32 Å². The highest BCUT2D eigenvalue weighted by atomic mass is 19.4. The van der Waals surface area contributed by atoms with Gasteiger partial charge in [-0.2, -0.15) is 31.4 Å². The molecule has 0 aliphatic rings. The molecule has 14 heteroatoms. The molecule has 0 bridgehead atoms. The number of anilines is 1. The number of hydrogen-bond acceptors (Lipinski definition) is 3. The fraction of sp³-hybridized carbons (Fsp3) is 0.118. The summed E-state index contributed by atoms with van der Waals surface area (Å²) in [5.74, 6) is -6.10. The van der Waals surface area contributed by atoms with Gasteiger partial charge >= 0.3 is 12.4 Å². The number of nitrogens with zero attached hydrogens (tertiary/aromatic N) is 3. The number of halogens is 9. The summed E-state index contributed by atoms with van der Waals surface area (Å²) in [5, 5.41) is 4.83. The second-order valence-electron chi connectivity index (χ2n) is 5.92. The Morgan fingerprint density at radius 2 is 1.52 bits per heavy atom. The van der Waals surface area contributed by atoms with E-state index in [2.05, 4.69) is 10.1 Å². The van der Waals surface area contributed by atoms with E-state index in [1.807, 2.05) is 5.32 Å². The highest BCUT2D eigenvalue weighted by molar-refractivity contribution is 6.04. The first-order valence-corrected chi connectivity index (χ1v) is 7.94. The van der Waals surface area contributed by atoms with Gasteiger partial charge in [-0.25, -0.2) is 22.8 Å². The summed E-state index contributed by atoms with van der Waals surface area (Å²) < 4.78 is 118. The van der Waals surface area contributed by atoms with Crippen LogP contribution < -0.4 is 5.32 Å². The predicted molar refractivity (Wildman–Crippen MR) is 85.6 cm³/mol. The van der Waals surface area contributed by atoms with Crippen molar-refractivity contribution in [1.82, 2.24) is 14.8 Å². The van der Waals surface area contributed by atoms with Crippen LogP contribution >= 0.6 is 0 Å². The molecule has 1 amide bonds. The summed E-state index contributed by atoms with van der Waals surface area (Å²) in [5.41, 5.74) is -5.21. The molecule has 0 atom stereocenters. The van der Waals surface area contributed by atoms with Crippen LogP contribution in [0, 0.1) is 17.5 Å². The molecule has 31 heavy (non-hydrogen) atoms. The number of amides is 1. The molecule has 164 valence electrons. The van der Waals surface area contributed by atoms with Gasteiger partial charge in [0, 0.05) is 18.2 Å². The van der Waals surface area contributed by atoms with Crippen LogP contribution in [0.25, 0.3) is 5.69 Å². The Morgan fingerprint density at radius 3 is 2.00 bits per heavy atom. The molecule has 0 unspecified atom stereocenters. The van der Waals surface area contributed by atoms with Crippen molar-refractivity contribution in [3.63, 3.8) is 0 Å². The lowest BCUT2D eigenvalue weighted by Crippen LogP contribution is -2.17. The molecule has 1 aromatic carbocycles. The number of benzene rings is 1. The van der Waals surface area contributed by atoms with Gasteiger partial charge in [0.25, 0.3) is 5.91 Å². The molecule has 0 fully saturated rings. The summed E-state index contributed by atoms with van der Waals surface area (Å²) in [7, 11) is 0. The molecular formula is C17H7F9N4O. The second-order valence-corrected chi connectivity index (χ2v) is 5.92. The van der Waals surface area contributed by atoms with Crippen LogP contribution in [0.15, 0.2) is 36.5 Å². The summed E-state index contributed by atoms with van der Waals surface area (Å²) in [4.78, 5) is 15.5. The molecule has 0 aliphatic heterocycles. The fourth-order valence-electron chi connectivity index (χ4n) is 2.44. The maximum atomic E-state index is 13.6. The minimum absolute atomic E-state index is 0.0409. The van der Waals surface area contributed by atoms with E-state index in [9.17, 15) is 44.3 Å². The number of aromatic nitrogens is 3. The zero-order valence-corrected chi connectivity index (χ0v) is 14.6. The first kappa shape index (κ1) is 22.1. The minimum Gasteiger partial charge on any atom is -0.306 e. The van der Waals surface area contributed by atoms with Crippen LogP contribution in [-0.4, -0.2) is 20.7 Å². The van der Waals surface area contributed by atoms with Crippen LogP contribution in [-0.2, 0) is 12.4 Å². The zero-order valence-electron chi connectivity index (χ0n) is 14.6. The lowest BCUT2D eigenvalue weighted by molar-refractivity contribution is -0.143. The number of nitrogens with one attached hydrogen (secondary N) is 1. The largest absolute Gasteiger partial charge is 0.435 e. The van der Waals surface area contributed by atoms with Gasteiger partial charge in [0.1, 0.15) is 34.5 Å². The monoisotopic (exact) mass is 454 g/mol. The second kappa shape index (κ2) is 7.59. The molecule has 2 heterocycles. The normalized spacial score (nSPS) is 12.2. The van der Waals surface area contributed by atoms with E-state index in [0.717, 1.165) is 12.1 Å². The molecular weight excluding hydrogens is 447 g/mol. The Balaban J connectivity index is 1.91. The van der Waals surface area contributed by atoms with Crippen molar-refractivity contribution in [1.29, 1.82) is 0 Å². The summed E-state index contributed by atoms with van der Waals surface area (Å²) in [6.45, 7) is 0. The quantitative estimate of drug-likeness (QED) is 0.569. The fourth-order valence-corrected chi connectivity index (χ4v) is 2.44. The Hall–Kier alpha value is -3.58. The summed E-state index contributed by atoms with van der Waals surface area (Å²) in [6, 6.07) is 2.02. The van der Waals surface area contributed by atoms with Crippen LogP contribution in [0.2, 0.25) is 0 Å². The number of carbonyl (C=O) groups excluding carboxylic acids is 1. The summed E-state index contributed by atoms with van der Waals surface area (Å²) >= 11 is 0. The smallest absolute Gasteiger partial charge is 0.306 e. The lowest BCUT2D eigenvalue weighted by Gasteiger charge is -2.11. The maximum Gasteiger partial charge on any atom is 0.435 e. The van der Waals surface area contributed by atoms with Crippen molar-refractivity contribution in [2.75, 3.05) is 5.32 Å². The highest BCUT2D eigenvalue weighted by Crippen LogP contribution is 2.36. The average Bonchev–Trinajstić information content (AvgIpc) is 3.07. The van der Waals surface area contributed by atoms with Gasteiger partial charge in [-0.3, -0.25) is 4.79 Å². The molecule has 3 aromatic rings.